The van der Waals surface area contributed by atoms with E-state index in [1.165, 1.54) is 0 Å². The molecular weight excluding hydrogens is 352 g/mol. The number of carbonyl (C=O) groups excluding carboxylic acids is 1. The SMILES string of the molecule is CC[C@@H](C)NC(=O)Nc1ccc(-c2noc(-c3ccc(Cl)cc3)n2)cc1. The first-order chi connectivity index (χ1) is 12.5. The summed E-state index contributed by atoms with van der Waals surface area (Å²) in [5.74, 6) is 0.900. The van der Waals surface area contributed by atoms with Gasteiger partial charge in [0.2, 0.25) is 5.82 Å². The molecule has 0 bridgehead atoms. The number of hydrogen-bond donors (Lipinski definition) is 2. The van der Waals surface area contributed by atoms with Crippen molar-refractivity contribution < 1.29 is 9.32 Å². The van der Waals surface area contributed by atoms with Crippen LogP contribution in [0.3, 0.4) is 0 Å². The van der Waals surface area contributed by atoms with Gasteiger partial charge >= 0.3 is 6.03 Å². The molecule has 0 aliphatic heterocycles. The number of carbonyl (C=O) groups is 1. The summed E-state index contributed by atoms with van der Waals surface area (Å²) in [6.45, 7) is 3.97. The zero-order valence-electron chi connectivity index (χ0n) is 14.5. The molecule has 2 amide bonds. The van der Waals surface area contributed by atoms with Crippen LogP contribution in [-0.2, 0) is 0 Å². The number of benzene rings is 2. The predicted molar refractivity (Wildman–Crippen MR) is 102 cm³/mol. The lowest BCUT2D eigenvalue weighted by Gasteiger charge is -2.12. The molecule has 2 aromatic carbocycles. The standard InChI is InChI=1S/C19H19ClN4O2/c1-3-12(2)21-19(25)22-16-10-6-13(7-11-16)17-23-18(26-24-17)14-4-8-15(20)9-5-14/h4-12H,3H2,1-2H3,(H2,21,22,25)/t12-/m1/s1. The lowest BCUT2D eigenvalue weighted by molar-refractivity contribution is 0.249. The van der Waals surface area contributed by atoms with E-state index >= 15 is 0 Å². The fourth-order valence-corrected chi connectivity index (χ4v) is 2.37. The molecule has 0 unspecified atom stereocenters. The highest BCUT2D eigenvalue weighted by atomic mass is 35.5. The quantitative estimate of drug-likeness (QED) is 0.664. The third kappa shape index (κ3) is 4.40. The Hall–Kier alpha value is -2.86. The smallest absolute Gasteiger partial charge is 0.319 e. The van der Waals surface area contributed by atoms with Gasteiger partial charge in [-0.3, -0.25) is 0 Å². The van der Waals surface area contributed by atoms with Gasteiger partial charge in [-0.25, -0.2) is 4.79 Å². The topological polar surface area (TPSA) is 80.0 Å². The summed E-state index contributed by atoms with van der Waals surface area (Å²) >= 11 is 5.89. The van der Waals surface area contributed by atoms with Crippen LogP contribution in [0.1, 0.15) is 20.3 Å². The van der Waals surface area contributed by atoms with E-state index in [1.54, 1.807) is 24.3 Å². The second kappa shape index (κ2) is 8.01. The summed E-state index contributed by atoms with van der Waals surface area (Å²) in [7, 11) is 0. The van der Waals surface area contributed by atoms with Crippen LogP contribution in [0.15, 0.2) is 53.1 Å². The highest BCUT2D eigenvalue weighted by Gasteiger charge is 2.11. The van der Waals surface area contributed by atoms with E-state index in [1.807, 2.05) is 38.1 Å². The van der Waals surface area contributed by atoms with Gasteiger partial charge in [0.25, 0.3) is 5.89 Å². The van der Waals surface area contributed by atoms with Crippen molar-refractivity contribution in [2.24, 2.45) is 0 Å². The van der Waals surface area contributed by atoms with Crippen molar-refractivity contribution in [1.29, 1.82) is 0 Å². The van der Waals surface area contributed by atoms with E-state index in [2.05, 4.69) is 20.8 Å². The Morgan fingerprint density at radius 2 is 1.77 bits per heavy atom. The van der Waals surface area contributed by atoms with Crippen LogP contribution in [0, 0.1) is 0 Å². The molecule has 3 aromatic rings. The normalized spacial score (nSPS) is 11.8. The molecule has 0 aliphatic carbocycles. The van der Waals surface area contributed by atoms with Gasteiger partial charge in [0.05, 0.1) is 0 Å². The van der Waals surface area contributed by atoms with Crippen molar-refractivity contribution in [3.63, 3.8) is 0 Å². The minimum atomic E-state index is -0.225. The maximum Gasteiger partial charge on any atom is 0.319 e. The number of amides is 2. The van der Waals surface area contributed by atoms with Crippen molar-refractivity contribution in [3.05, 3.63) is 53.6 Å². The molecule has 1 aromatic heterocycles. The molecule has 26 heavy (non-hydrogen) atoms. The summed E-state index contributed by atoms with van der Waals surface area (Å²) in [6.07, 6.45) is 0.875. The number of halogens is 1. The van der Waals surface area contributed by atoms with Crippen LogP contribution >= 0.6 is 11.6 Å². The molecule has 7 heteroatoms. The van der Waals surface area contributed by atoms with E-state index in [9.17, 15) is 4.79 Å². The molecule has 0 radical (unpaired) electrons. The van der Waals surface area contributed by atoms with Crippen LogP contribution in [0.2, 0.25) is 5.02 Å². The van der Waals surface area contributed by atoms with Crippen LogP contribution in [0.4, 0.5) is 10.5 Å². The van der Waals surface area contributed by atoms with Gasteiger partial charge in [0, 0.05) is 27.9 Å². The molecule has 134 valence electrons. The van der Waals surface area contributed by atoms with E-state index < -0.39 is 0 Å². The number of aromatic nitrogens is 2. The maximum atomic E-state index is 11.8. The molecule has 2 N–H and O–H groups in total. The van der Waals surface area contributed by atoms with Crippen molar-refractivity contribution >= 4 is 23.3 Å². The molecule has 0 saturated heterocycles. The number of anilines is 1. The highest BCUT2D eigenvalue weighted by Crippen LogP contribution is 2.24. The van der Waals surface area contributed by atoms with Gasteiger partial charge in [-0.15, -0.1) is 0 Å². The number of rotatable bonds is 5. The maximum absolute atomic E-state index is 11.8. The first-order valence-electron chi connectivity index (χ1n) is 8.32. The summed E-state index contributed by atoms with van der Waals surface area (Å²) in [5.41, 5.74) is 2.28. The second-order valence-electron chi connectivity index (χ2n) is 5.92. The average Bonchev–Trinajstić information content (AvgIpc) is 3.13. The Bertz CT molecular complexity index is 875. The Kier molecular flexibility index (Phi) is 5.53. The zero-order valence-corrected chi connectivity index (χ0v) is 15.2. The lowest BCUT2D eigenvalue weighted by Crippen LogP contribution is -2.35. The van der Waals surface area contributed by atoms with E-state index in [4.69, 9.17) is 16.1 Å². The van der Waals surface area contributed by atoms with Crippen LogP contribution in [0.5, 0.6) is 0 Å². The Morgan fingerprint density at radius 1 is 1.12 bits per heavy atom. The summed E-state index contributed by atoms with van der Waals surface area (Å²) in [6, 6.07) is 14.3. The minimum absolute atomic E-state index is 0.125. The predicted octanol–water partition coefficient (Wildman–Crippen LogP) is 4.98. The van der Waals surface area contributed by atoms with Crippen LogP contribution in [0.25, 0.3) is 22.8 Å². The Labute approximate surface area is 156 Å². The van der Waals surface area contributed by atoms with Gasteiger partial charge < -0.3 is 15.2 Å². The molecule has 1 heterocycles. The molecule has 3 rings (SSSR count). The van der Waals surface area contributed by atoms with Crippen molar-refractivity contribution in [3.8, 4) is 22.8 Å². The number of nitrogens with zero attached hydrogens (tertiary/aromatic N) is 2. The second-order valence-corrected chi connectivity index (χ2v) is 6.35. The van der Waals surface area contributed by atoms with Gasteiger partial charge in [-0.1, -0.05) is 23.7 Å². The van der Waals surface area contributed by atoms with Crippen molar-refractivity contribution in [2.45, 2.75) is 26.3 Å². The fraction of sp³-hybridized carbons (Fsp3) is 0.211. The van der Waals surface area contributed by atoms with Crippen LogP contribution in [-0.4, -0.2) is 22.2 Å². The minimum Gasteiger partial charge on any atom is -0.335 e. The van der Waals surface area contributed by atoms with Gasteiger partial charge in [0.15, 0.2) is 0 Å². The van der Waals surface area contributed by atoms with Gasteiger partial charge in [-0.2, -0.15) is 4.98 Å². The van der Waals surface area contributed by atoms with Crippen LogP contribution < -0.4 is 10.6 Å². The Balaban J connectivity index is 1.69. The summed E-state index contributed by atoms with van der Waals surface area (Å²) < 4.78 is 5.31. The first-order valence-corrected chi connectivity index (χ1v) is 8.70. The highest BCUT2D eigenvalue weighted by molar-refractivity contribution is 6.30. The van der Waals surface area contributed by atoms with Gasteiger partial charge in [0.1, 0.15) is 0 Å². The fourth-order valence-electron chi connectivity index (χ4n) is 2.25. The monoisotopic (exact) mass is 370 g/mol. The third-order valence-corrected chi connectivity index (χ3v) is 4.16. The number of nitrogens with one attached hydrogen (secondary N) is 2. The summed E-state index contributed by atoms with van der Waals surface area (Å²) in [4.78, 5) is 16.3. The molecule has 0 aliphatic rings. The van der Waals surface area contributed by atoms with E-state index in [0.29, 0.717) is 22.4 Å². The molecule has 0 saturated carbocycles. The molecule has 1 atom stereocenters. The molecule has 6 nitrogen and oxygen atoms in total. The molecular formula is C19H19ClN4O2. The molecule has 0 fully saturated rings. The van der Waals surface area contributed by atoms with E-state index in [0.717, 1.165) is 17.5 Å². The van der Waals surface area contributed by atoms with E-state index in [-0.39, 0.29) is 12.1 Å². The zero-order chi connectivity index (χ0) is 18.5. The van der Waals surface area contributed by atoms with Crippen molar-refractivity contribution in [2.75, 3.05) is 5.32 Å². The van der Waals surface area contributed by atoms with Crippen molar-refractivity contribution in [1.82, 2.24) is 15.5 Å². The first kappa shape index (κ1) is 17.9. The third-order valence-electron chi connectivity index (χ3n) is 3.91. The Morgan fingerprint density at radius 3 is 2.42 bits per heavy atom. The van der Waals surface area contributed by atoms with Gasteiger partial charge in [-0.05, 0) is 61.9 Å². The lowest BCUT2D eigenvalue weighted by atomic mass is 10.2. The largest absolute Gasteiger partial charge is 0.335 e. The molecule has 0 spiro atoms. The number of urea groups is 1. The summed E-state index contributed by atoms with van der Waals surface area (Å²) in [5, 5.41) is 10.3. The number of hydrogen-bond acceptors (Lipinski definition) is 4. The average molecular weight is 371 g/mol.